The van der Waals surface area contributed by atoms with Crippen molar-refractivity contribution in [1.82, 2.24) is 4.90 Å². The highest BCUT2D eigenvalue weighted by molar-refractivity contribution is 9.11. The van der Waals surface area contributed by atoms with E-state index in [1.165, 1.54) is 0 Å². The van der Waals surface area contributed by atoms with E-state index in [0.717, 1.165) is 10.2 Å². The number of hydrogen-bond donors (Lipinski definition) is 0. The van der Waals surface area contributed by atoms with Crippen molar-refractivity contribution in [3.05, 3.63) is 34.6 Å². The quantitative estimate of drug-likeness (QED) is 0.653. The summed E-state index contributed by atoms with van der Waals surface area (Å²) in [7, 11) is 2.01. The van der Waals surface area contributed by atoms with Crippen LogP contribution in [0, 0.1) is 0 Å². The summed E-state index contributed by atoms with van der Waals surface area (Å²) < 4.78 is 1.02. The van der Waals surface area contributed by atoms with Gasteiger partial charge in [-0.3, -0.25) is 0 Å². The van der Waals surface area contributed by atoms with Gasteiger partial charge >= 0.3 is 0 Å². The second-order valence-electron chi connectivity index (χ2n) is 2.99. The fourth-order valence-electron chi connectivity index (χ4n) is 1.41. The first-order valence-electron chi connectivity index (χ1n) is 3.90. The molecule has 2 rings (SSSR count). The van der Waals surface area contributed by atoms with Crippen LogP contribution in [0.2, 0.25) is 0 Å². The van der Waals surface area contributed by atoms with Crippen LogP contribution in [0.3, 0.4) is 0 Å². The molecule has 1 unspecified atom stereocenters. The van der Waals surface area contributed by atoms with Gasteiger partial charge in [0.1, 0.15) is 5.17 Å². The van der Waals surface area contributed by atoms with E-state index < -0.39 is 0 Å². The van der Waals surface area contributed by atoms with Crippen LogP contribution in [0.25, 0.3) is 0 Å². The lowest BCUT2D eigenvalue weighted by molar-refractivity contribution is 0.414. The molecule has 68 valence electrons. The van der Waals surface area contributed by atoms with Crippen molar-refractivity contribution in [2.75, 3.05) is 7.05 Å². The summed E-state index contributed by atoms with van der Waals surface area (Å²) in [6, 6.07) is 0.226. The smallest absolute Gasteiger partial charge is 0.129 e. The number of rotatable bonds is 0. The van der Waals surface area contributed by atoms with Crippen LogP contribution in [-0.4, -0.2) is 23.2 Å². The van der Waals surface area contributed by atoms with Gasteiger partial charge in [0.05, 0.1) is 11.7 Å². The maximum Gasteiger partial charge on any atom is 0.129 e. The molecule has 0 saturated carbocycles. The maximum absolute atomic E-state index is 5.80. The van der Waals surface area contributed by atoms with Gasteiger partial charge in [0.15, 0.2) is 0 Å². The Bertz CT molecular complexity index is 355. The normalized spacial score (nSPS) is 26.2. The summed E-state index contributed by atoms with van der Waals surface area (Å²) in [6.45, 7) is 0. The standard InChI is InChI=1S/C9H8BrClN2/c1-13-5-6(10)4-7-8(13)2-3-9(11)12-7/h2-5,8H,1H3. The van der Waals surface area contributed by atoms with Crippen LogP contribution < -0.4 is 0 Å². The number of dihydropyridines is 1. The highest BCUT2D eigenvalue weighted by Crippen LogP contribution is 2.26. The molecule has 0 amide bonds. The van der Waals surface area contributed by atoms with Gasteiger partial charge in [-0.05, 0) is 28.1 Å². The molecular formula is C9H8BrClN2. The van der Waals surface area contributed by atoms with Gasteiger partial charge in [-0.2, -0.15) is 0 Å². The lowest BCUT2D eigenvalue weighted by Gasteiger charge is -2.29. The Morgan fingerprint density at radius 3 is 3.15 bits per heavy atom. The van der Waals surface area contributed by atoms with Crippen molar-refractivity contribution in [1.29, 1.82) is 0 Å². The average Bonchev–Trinajstić information content (AvgIpc) is 2.02. The van der Waals surface area contributed by atoms with E-state index in [4.69, 9.17) is 11.6 Å². The number of likely N-dealkylation sites (N-methyl/N-ethyl adjacent to an activating group) is 1. The first kappa shape index (κ1) is 9.03. The number of halogens is 2. The predicted molar refractivity (Wildman–Crippen MR) is 59.1 cm³/mol. The highest BCUT2D eigenvalue weighted by atomic mass is 79.9. The number of nitrogens with zero attached hydrogens (tertiary/aromatic N) is 2. The zero-order chi connectivity index (χ0) is 9.42. The third kappa shape index (κ3) is 1.71. The van der Waals surface area contributed by atoms with Crippen LogP contribution in [0.5, 0.6) is 0 Å². The molecule has 2 nitrogen and oxygen atoms in total. The Kier molecular flexibility index (Phi) is 2.30. The molecule has 0 aromatic heterocycles. The molecule has 0 aromatic rings. The molecule has 13 heavy (non-hydrogen) atoms. The summed E-state index contributed by atoms with van der Waals surface area (Å²) >= 11 is 9.22. The lowest BCUT2D eigenvalue weighted by atomic mass is 10.1. The predicted octanol–water partition coefficient (Wildman–Crippen LogP) is 2.63. The number of hydrogen-bond acceptors (Lipinski definition) is 2. The number of allylic oxidation sites excluding steroid dienone is 3. The van der Waals surface area contributed by atoms with Crippen LogP contribution in [0.4, 0.5) is 0 Å². The van der Waals surface area contributed by atoms with Gasteiger partial charge in [0, 0.05) is 17.7 Å². The minimum absolute atomic E-state index is 0.226. The fraction of sp³-hybridized carbons (Fsp3) is 0.222. The van der Waals surface area contributed by atoms with Crippen LogP contribution in [0.15, 0.2) is 39.6 Å². The zero-order valence-electron chi connectivity index (χ0n) is 7.04. The van der Waals surface area contributed by atoms with Crippen molar-refractivity contribution in [3.8, 4) is 0 Å². The van der Waals surface area contributed by atoms with Crippen molar-refractivity contribution in [3.63, 3.8) is 0 Å². The second kappa shape index (κ2) is 3.31. The van der Waals surface area contributed by atoms with E-state index >= 15 is 0 Å². The summed E-state index contributed by atoms with van der Waals surface area (Å²) in [6.07, 6.45) is 7.87. The maximum atomic E-state index is 5.80. The minimum atomic E-state index is 0.226. The van der Waals surface area contributed by atoms with Gasteiger partial charge in [-0.25, -0.2) is 4.99 Å². The molecule has 2 heterocycles. The largest absolute Gasteiger partial charge is 0.367 e. The van der Waals surface area contributed by atoms with Gasteiger partial charge in [-0.1, -0.05) is 17.7 Å². The molecule has 1 atom stereocenters. The van der Waals surface area contributed by atoms with Gasteiger partial charge in [0.2, 0.25) is 0 Å². The van der Waals surface area contributed by atoms with Crippen LogP contribution in [0.1, 0.15) is 0 Å². The first-order valence-corrected chi connectivity index (χ1v) is 5.07. The third-order valence-corrected chi connectivity index (χ3v) is 2.65. The third-order valence-electron chi connectivity index (χ3n) is 2.01. The Morgan fingerprint density at radius 2 is 2.38 bits per heavy atom. The summed E-state index contributed by atoms with van der Waals surface area (Å²) in [5, 5.41) is 0.540. The SMILES string of the molecule is CN1C=C(Br)C=C2N=C(Cl)C=CC21. The van der Waals surface area contributed by atoms with E-state index in [2.05, 4.69) is 25.8 Å². The van der Waals surface area contributed by atoms with Crippen molar-refractivity contribution >= 4 is 32.7 Å². The molecule has 0 fully saturated rings. The Balaban J connectivity index is 2.40. The fourth-order valence-corrected chi connectivity index (χ4v) is 2.14. The molecule has 0 radical (unpaired) electrons. The van der Waals surface area contributed by atoms with E-state index in [9.17, 15) is 0 Å². The van der Waals surface area contributed by atoms with Crippen molar-refractivity contribution in [2.24, 2.45) is 4.99 Å². The Morgan fingerprint density at radius 1 is 1.62 bits per heavy atom. The highest BCUT2D eigenvalue weighted by Gasteiger charge is 2.21. The molecule has 4 heteroatoms. The Hall–Kier alpha value is -0.540. The summed E-state index contributed by atoms with van der Waals surface area (Å²) in [5.74, 6) is 0. The summed E-state index contributed by atoms with van der Waals surface area (Å²) in [5.41, 5.74) is 0.976. The topological polar surface area (TPSA) is 15.6 Å². The number of aliphatic imine (C=N–C) groups is 1. The van der Waals surface area contributed by atoms with E-state index in [1.807, 2.05) is 31.5 Å². The van der Waals surface area contributed by atoms with E-state index in [-0.39, 0.29) is 6.04 Å². The molecule has 0 spiro atoms. The molecule has 2 aliphatic rings. The van der Waals surface area contributed by atoms with E-state index in [0.29, 0.717) is 5.17 Å². The molecule has 0 saturated heterocycles. The summed E-state index contributed by atoms with van der Waals surface area (Å²) in [4.78, 5) is 6.34. The first-order chi connectivity index (χ1) is 6.16. The van der Waals surface area contributed by atoms with Crippen molar-refractivity contribution < 1.29 is 0 Å². The molecule has 0 aromatic carbocycles. The van der Waals surface area contributed by atoms with E-state index in [1.54, 1.807) is 0 Å². The monoisotopic (exact) mass is 258 g/mol. The van der Waals surface area contributed by atoms with Crippen molar-refractivity contribution in [2.45, 2.75) is 6.04 Å². The molecular weight excluding hydrogens is 251 g/mol. The molecule has 0 N–H and O–H groups in total. The molecule has 2 aliphatic heterocycles. The Labute approximate surface area is 90.4 Å². The lowest BCUT2D eigenvalue weighted by Crippen LogP contribution is -2.30. The van der Waals surface area contributed by atoms with Gasteiger partial charge in [0.25, 0.3) is 0 Å². The minimum Gasteiger partial charge on any atom is -0.367 e. The van der Waals surface area contributed by atoms with Crippen LogP contribution >= 0.6 is 27.5 Å². The second-order valence-corrected chi connectivity index (χ2v) is 4.29. The number of fused-ring (bicyclic) bond motifs is 1. The average molecular weight is 260 g/mol. The molecule has 0 aliphatic carbocycles. The zero-order valence-corrected chi connectivity index (χ0v) is 9.38. The van der Waals surface area contributed by atoms with Gasteiger partial charge < -0.3 is 4.90 Å². The van der Waals surface area contributed by atoms with Crippen LogP contribution in [-0.2, 0) is 0 Å². The van der Waals surface area contributed by atoms with Gasteiger partial charge in [-0.15, -0.1) is 0 Å². The molecule has 0 bridgehead atoms.